The van der Waals surface area contributed by atoms with Crippen LogP contribution in [-0.4, -0.2) is 21.8 Å². The van der Waals surface area contributed by atoms with Gasteiger partial charge in [0.15, 0.2) is 5.17 Å². The monoisotopic (exact) mass is 340 g/mol. The highest BCUT2D eigenvalue weighted by Crippen LogP contribution is 2.35. The molecule has 1 atom stereocenters. The number of aromatic nitrogens is 1. The molecule has 3 N–H and O–H groups in total. The van der Waals surface area contributed by atoms with Gasteiger partial charge in [0, 0.05) is 17.6 Å². The molecule has 0 aliphatic carbocycles. The molecule has 2 heterocycles. The van der Waals surface area contributed by atoms with E-state index in [1.165, 1.54) is 0 Å². The predicted molar refractivity (Wildman–Crippen MR) is 99.4 cm³/mol. The Bertz CT molecular complexity index is 805. The molecular weight excluding hydrogens is 320 g/mol. The number of rotatable bonds is 3. The number of hydrogen-bond donors (Lipinski definition) is 2. The number of amides is 1. The van der Waals surface area contributed by atoms with Gasteiger partial charge in [-0.2, -0.15) is 0 Å². The summed E-state index contributed by atoms with van der Waals surface area (Å²) in [6, 6.07) is 11.4. The van der Waals surface area contributed by atoms with Crippen molar-refractivity contribution in [3.8, 4) is 0 Å². The fourth-order valence-corrected chi connectivity index (χ4v) is 3.66. The molecule has 0 radical (unpaired) electrons. The van der Waals surface area contributed by atoms with E-state index in [4.69, 9.17) is 5.73 Å². The number of carbonyl (C=O) groups excluding carboxylic acids is 1. The number of pyridine rings is 1. The number of nitrogens with two attached hydrogens (primary N) is 1. The molecule has 5 nitrogen and oxygen atoms in total. The van der Waals surface area contributed by atoms with Crippen molar-refractivity contribution in [2.24, 2.45) is 10.7 Å². The summed E-state index contributed by atoms with van der Waals surface area (Å²) in [5.74, 6) is 0.721. The largest absolute Gasteiger partial charge is 0.379 e. The van der Waals surface area contributed by atoms with E-state index in [1.54, 1.807) is 24.0 Å². The average Bonchev–Trinajstić information content (AvgIpc) is 2.55. The zero-order chi connectivity index (χ0) is 17.2. The third-order valence-corrected chi connectivity index (χ3v) is 4.88. The Labute approximate surface area is 145 Å². The van der Waals surface area contributed by atoms with Crippen LogP contribution in [0.3, 0.4) is 0 Å². The summed E-state index contributed by atoms with van der Waals surface area (Å²) in [5.41, 5.74) is 8.72. The van der Waals surface area contributed by atoms with Crippen molar-refractivity contribution < 1.29 is 4.79 Å². The molecule has 0 saturated heterocycles. The molecule has 124 valence electrons. The second-order valence-corrected chi connectivity index (χ2v) is 7.19. The van der Waals surface area contributed by atoms with Gasteiger partial charge in [-0.05, 0) is 55.7 Å². The van der Waals surface area contributed by atoms with Gasteiger partial charge in [0.25, 0.3) is 5.91 Å². The lowest BCUT2D eigenvalue weighted by molar-refractivity contribution is 0.102. The quantitative estimate of drug-likeness (QED) is 0.898. The minimum absolute atomic E-state index is 0.219. The van der Waals surface area contributed by atoms with Crippen LogP contribution in [0.15, 0.2) is 47.6 Å². The van der Waals surface area contributed by atoms with E-state index in [0.29, 0.717) is 10.9 Å². The van der Waals surface area contributed by atoms with Gasteiger partial charge in [0.1, 0.15) is 5.69 Å². The summed E-state index contributed by atoms with van der Waals surface area (Å²) in [6.45, 7) is 4.01. The Morgan fingerprint density at radius 2 is 2.17 bits per heavy atom. The number of aliphatic imine (C=N–C) groups is 1. The number of benzene rings is 1. The van der Waals surface area contributed by atoms with Crippen LogP contribution in [0.2, 0.25) is 0 Å². The van der Waals surface area contributed by atoms with Crippen LogP contribution in [0.25, 0.3) is 0 Å². The molecule has 1 unspecified atom stereocenters. The summed E-state index contributed by atoms with van der Waals surface area (Å²) < 4.78 is 0. The van der Waals surface area contributed by atoms with Crippen LogP contribution in [0, 0.1) is 6.92 Å². The summed E-state index contributed by atoms with van der Waals surface area (Å²) in [5, 5.41) is 3.52. The molecule has 2 aromatic rings. The van der Waals surface area contributed by atoms with Crippen molar-refractivity contribution in [1.82, 2.24) is 4.98 Å². The number of amidine groups is 1. The number of thioether (sulfide) groups is 1. The Hall–Kier alpha value is -2.34. The van der Waals surface area contributed by atoms with E-state index >= 15 is 0 Å². The van der Waals surface area contributed by atoms with Gasteiger partial charge in [0.2, 0.25) is 0 Å². The highest BCUT2D eigenvalue weighted by molar-refractivity contribution is 8.13. The maximum atomic E-state index is 12.4. The minimum Gasteiger partial charge on any atom is -0.379 e. The summed E-state index contributed by atoms with van der Waals surface area (Å²) in [6.07, 6.45) is 2.55. The highest BCUT2D eigenvalue weighted by Gasteiger charge is 2.29. The molecule has 0 saturated carbocycles. The molecule has 0 bridgehead atoms. The highest BCUT2D eigenvalue weighted by atomic mass is 32.2. The lowest BCUT2D eigenvalue weighted by Crippen LogP contribution is -2.28. The fraction of sp³-hybridized carbons (Fsp3) is 0.278. The molecule has 6 heteroatoms. The van der Waals surface area contributed by atoms with Crippen LogP contribution >= 0.6 is 11.8 Å². The molecule has 0 spiro atoms. The smallest absolute Gasteiger partial charge is 0.274 e. The van der Waals surface area contributed by atoms with E-state index in [-0.39, 0.29) is 11.4 Å². The van der Waals surface area contributed by atoms with E-state index in [2.05, 4.69) is 22.2 Å². The Morgan fingerprint density at radius 1 is 1.33 bits per heavy atom. The fourth-order valence-electron chi connectivity index (χ4n) is 2.68. The lowest BCUT2D eigenvalue weighted by Gasteiger charge is -2.30. The third-order valence-electron chi connectivity index (χ3n) is 4.09. The van der Waals surface area contributed by atoms with Gasteiger partial charge in [-0.3, -0.25) is 14.8 Å². The van der Waals surface area contributed by atoms with Gasteiger partial charge >= 0.3 is 0 Å². The first-order valence-corrected chi connectivity index (χ1v) is 8.77. The third kappa shape index (κ3) is 3.59. The van der Waals surface area contributed by atoms with Gasteiger partial charge in [-0.15, -0.1) is 0 Å². The molecule has 1 aliphatic heterocycles. The second kappa shape index (κ2) is 6.65. The van der Waals surface area contributed by atoms with E-state index < -0.39 is 0 Å². The van der Waals surface area contributed by atoms with Gasteiger partial charge in [-0.1, -0.05) is 23.9 Å². The molecule has 1 aliphatic rings. The zero-order valence-corrected chi connectivity index (χ0v) is 14.6. The molecule has 3 rings (SSSR count). The lowest BCUT2D eigenvalue weighted by atomic mass is 9.89. The zero-order valence-electron chi connectivity index (χ0n) is 13.7. The number of nitrogens with zero attached hydrogens (tertiary/aromatic N) is 2. The first-order chi connectivity index (χ1) is 11.5. The van der Waals surface area contributed by atoms with Crippen molar-refractivity contribution in [3.63, 3.8) is 0 Å². The van der Waals surface area contributed by atoms with E-state index in [0.717, 1.165) is 29.0 Å². The number of nitrogens with one attached hydrogen (secondary N) is 1. The molecule has 1 aromatic heterocycles. The van der Waals surface area contributed by atoms with E-state index in [9.17, 15) is 4.79 Å². The first-order valence-electron chi connectivity index (χ1n) is 7.79. The van der Waals surface area contributed by atoms with Crippen molar-refractivity contribution in [1.29, 1.82) is 0 Å². The van der Waals surface area contributed by atoms with Gasteiger partial charge in [0.05, 0.1) is 5.54 Å². The number of anilines is 1. The van der Waals surface area contributed by atoms with Crippen molar-refractivity contribution in [2.45, 2.75) is 25.8 Å². The summed E-state index contributed by atoms with van der Waals surface area (Å²) in [4.78, 5) is 21.1. The first kappa shape index (κ1) is 16.5. The molecule has 24 heavy (non-hydrogen) atoms. The second-order valence-electron chi connectivity index (χ2n) is 6.08. The van der Waals surface area contributed by atoms with Gasteiger partial charge < -0.3 is 11.1 Å². The number of hydrogen-bond acceptors (Lipinski definition) is 5. The van der Waals surface area contributed by atoms with Crippen molar-refractivity contribution in [2.75, 3.05) is 11.1 Å². The van der Waals surface area contributed by atoms with Crippen molar-refractivity contribution >= 4 is 28.5 Å². The summed E-state index contributed by atoms with van der Waals surface area (Å²) in [7, 11) is 0. The number of carbonyl (C=O) groups is 1. The molecule has 1 amide bonds. The maximum Gasteiger partial charge on any atom is 0.274 e. The standard InChI is InChI=1S/C18H20N4OS/c1-12-6-8-20-15(10-12)16(23)21-14-5-3-4-13(11-14)18(2)7-9-24-17(19)22-18/h3-6,8,10-11H,7,9H2,1-2H3,(H2,19,22)(H,21,23). The SMILES string of the molecule is Cc1ccnc(C(=O)Nc2cccc(C3(C)CCSC(N)=N3)c2)c1. The molecule has 0 fully saturated rings. The minimum atomic E-state index is -0.350. The van der Waals surface area contributed by atoms with Crippen molar-refractivity contribution in [3.05, 3.63) is 59.4 Å². The van der Waals surface area contributed by atoms with Crippen LogP contribution in [-0.2, 0) is 5.54 Å². The predicted octanol–water partition coefficient (Wildman–Crippen LogP) is 3.31. The Kier molecular flexibility index (Phi) is 4.57. The Balaban J connectivity index is 1.83. The van der Waals surface area contributed by atoms with Crippen LogP contribution in [0.1, 0.15) is 35.0 Å². The summed E-state index contributed by atoms with van der Waals surface area (Å²) >= 11 is 1.58. The maximum absolute atomic E-state index is 12.4. The van der Waals surface area contributed by atoms with E-state index in [1.807, 2.05) is 37.3 Å². The Morgan fingerprint density at radius 3 is 2.92 bits per heavy atom. The van der Waals surface area contributed by atoms with Gasteiger partial charge in [-0.25, -0.2) is 0 Å². The normalized spacial score (nSPS) is 20.3. The van der Waals surface area contributed by atoms with Crippen LogP contribution in [0.5, 0.6) is 0 Å². The average molecular weight is 340 g/mol. The molecule has 1 aromatic carbocycles. The van der Waals surface area contributed by atoms with Crippen LogP contribution < -0.4 is 11.1 Å². The number of aryl methyl sites for hydroxylation is 1. The van der Waals surface area contributed by atoms with Crippen LogP contribution in [0.4, 0.5) is 5.69 Å². The molecular formula is C18H20N4OS. The topological polar surface area (TPSA) is 80.4 Å².